The van der Waals surface area contributed by atoms with Crippen molar-refractivity contribution >= 4 is 5.91 Å². The van der Waals surface area contributed by atoms with Crippen LogP contribution in [0.1, 0.15) is 12.8 Å². The van der Waals surface area contributed by atoms with Crippen molar-refractivity contribution in [1.82, 2.24) is 4.90 Å². The molecule has 1 fully saturated rings. The van der Waals surface area contributed by atoms with Gasteiger partial charge in [0.15, 0.2) is 0 Å². The molecule has 0 aliphatic carbocycles. The van der Waals surface area contributed by atoms with Crippen LogP contribution in [0.3, 0.4) is 0 Å². The Labute approximate surface area is 65.9 Å². The van der Waals surface area contributed by atoms with Crippen molar-refractivity contribution in [2.24, 2.45) is 0 Å². The predicted octanol–water partition coefficient (Wildman–Crippen LogP) is 1.24. The first-order chi connectivity index (χ1) is 5.34. The molecule has 0 radical (unpaired) electrons. The number of rotatable bonds is 3. The smallest absolute Gasteiger partial charge is 0.226 e. The lowest BCUT2D eigenvalue weighted by Crippen LogP contribution is -2.17. The summed E-state index contributed by atoms with van der Waals surface area (Å²) < 4.78 is 4.73. The molecule has 3 heteroatoms. The van der Waals surface area contributed by atoms with Gasteiger partial charge in [-0.15, -0.1) is 0 Å². The number of nitrogens with zero attached hydrogens (tertiary/aromatic N) is 1. The van der Waals surface area contributed by atoms with Gasteiger partial charge in [-0.2, -0.15) is 0 Å². The van der Waals surface area contributed by atoms with E-state index < -0.39 is 0 Å². The van der Waals surface area contributed by atoms with Crippen LogP contribution in [-0.2, 0) is 9.53 Å². The van der Waals surface area contributed by atoms with Gasteiger partial charge in [-0.3, -0.25) is 4.79 Å². The summed E-state index contributed by atoms with van der Waals surface area (Å²) in [6.07, 6.45) is 6.00. The summed E-state index contributed by atoms with van der Waals surface area (Å²) in [5.41, 5.74) is 0. The number of ether oxygens (including phenoxy) is 1. The summed E-state index contributed by atoms with van der Waals surface area (Å²) in [4.78, 5) is 12.6. The average Bonchev–Trinajstić information content (AvgIpc) is 2.37. The predicted molar refractivity (Wildman–Crippen MR) is 41.4 cm³/mol. The van der Waals surface area contributed by atoms with Gasteiger partial charge in [-0.05, 0) is 6.42 Å². The van der Waals surface area contributed by atoms with Crippen LogP contribution in [0.25, 0.3) is 0 Å². The van der Waals surface area contributed by atoms with Crippen LogP contribution in [-0.4, -0.2) is 17.4 Å². The minimum Gasteiger partial charge on any atom is -0.472 e. The first kappa shape index (κ1) is 7.85. The molecule has 3 nitrogen and oxygen atoms in total. The molecule has 11 heavy (non-hydrogen) atoms. The highest BCUT2D eigenvalue weighted by molar-refractivity contribution is 5.79. The van der Waals surface area contributed by atoms with Crippen molar-refractivity contribution in [1.29, 1.82) is 0 Å². The highest BCUT2D eigenvalue weighted by atomic mass is 16.5. The summed E-state index contributed by atoms with van der Waals surface area (Å²) in [5.74, 6) is 0.161. The molecule has 0 aromatic rings. The Morgan fingerprint density at radius 2 is 2.45 bits per heavy atom. The standard InChI is InChI=1S/C8H11NO2/c1-2-11-7-6-9-5-3-4-8(9)10/h2,6-7H,1,3-5H2. The Morgan fingerprint density at radius 1 is 1.64 bits per heavy atom. The summed E-state index contributed by atoms with van der Waals surface area (Å²) >= 11 is 0. The molecule has 60 valence electrons. The van der Waals surface area contributed by atoms with Gasteiger partial charge in [0.1, 0.15) is 6.26 Å². The quantitative estimate of drug-likeness (QED) is 0.571. The maximum atomic E-state index is 11.0. The number of hydrogen-bond donors (Lipinski definition) is 0. The second kappa shape index (κ2) is 3.81. The lowest BCUT2D eigenvalue weighted by Gasteiger charge is -2.06. The molecule has 0 bridgehead atoms. The van der Waals surface area contributed by atoms with Gasteiger partial charge in [0.25, 0.3) is 0 Å². The fourth-order valence-electron chi connectivity index (χ4n) is 0.991. The van der Waals surface area contributed by atoms with Gasteiger partial charge in [0.2, 0.25) is 5.91 Å². The average molecular weight is 153 g/mol. The number of likely N-dealkylation sites (tertiary alicyclic amines) is 1. The van der Waals surface area contributed by atoms with E-state index in [1.165, 1.54) is 12.5 Å². The zero-order chi connectivity index (χ0) is 8.10. The van der Waals surface area contributed by atoms with Crippen LogP contribution in [0.5, 0.6) is 0 Å². The van der Waals surface area contributed by atoms with Gasteiger partial charge < -0.3 is 9.64 Å². The number of carbonyl (C=O) groups excluding carboxylic acids is 1. The molecule has 0 atom stereocenters. The Hall–Kier alpha value is -1.25. The third-order valence-electron chi connectivity index (χ3n) is 1.53. The topological polar surface area (TPSA) is 29.5 Å². The van der Waals surface area contributed by atoms with Gasteiger partial charge in [0, 0.05) is 19.2 Å². The first-order valence-corrected chi connectivity index (χ1v) is 3.57. The van der Waals surface area contributed by atoms with E-state index in [0.717, 1.165) is 13.0 Å². The molecule has 0 unspecified atom stereocenters. The van der Waals surface area contributed by atoms with E-state index in [4.69, 9.17) is 4.74 Å². The molecule has 1 heterocycles. The largest absolute Gasteiger partial charge is 0.472 e. The van der Waals surface area contributed by atoms with Gasteiger partial charge in [0.05, 0.1) is 6.26 Å². The van der Waals surface area contributed by atoms with Gasteiger partial charge in [-0.25, -0.2) is 0 Å². The van der Waals surface area contributed by atoms with Crippen LogP contribution in [0, 0.1) is 0 Å². The normalized spacial score (nSPS) is 17.8. The Bertz CT molecular complexity index is 187. The highest BCUT2D eigenvalue weighted by Gasteiger charge is 2.16. The monoisotopic (exact) mass is 153 g/mol. The maximum absolute atomic E-state index is 11.0. The van der Waals surface area contributed by atoms with Crippen molar-refractivity contribution < 1.29 is 9.53 Å². The van der Waals surface area contributed by atoms with Crippen molar-refractivity contribution in [2.75, 3.05) is 6.54 Å². The van der Waals surface area contributed by atoms with E-state index in [1.54, 1.807) is 11.1 Å². The van der Waals surface area contributed by atoms with Gasteiger partial charge in [-0.1, -0.05) is 6.58 Å². The molecular weight excluding hydrogens is 142 g/mol. The Balaban J connectivity index is 2.35. The molecule has 0 N–H and O–H groups in total. The number of carbonyl (C=O) groups is 1. The summed E-state index contributed by atoms with van der Waals surface area (Å²) in [5, 5.41) is 0. The van der Waals surface area contributed by atoms with Gasteiger partial charge >= 0.3 is 0 Å². The Morgan fingerprint density at radius 3 is 3.00 bits per heavy atom. The Kier molecular flexibility index (Phi) is 2.72. The summed E-state index contributed by atoms with van der Waals surface area (Å²) in [6.45, 7) is 4.17. The summed E-state index contributed by atoms with van der Waals surface area (Å²) in [6, 6.07) is 0. The van der Waals surface area contributed by atoms with Crippen molar-refractivity contribution in [3.8, 4) is 0 Å². The minimum atomic E-state index is 0.161. The first-order valence-electron chi connectivity index (χ1n) is 3.57. The third-order valence-corrected chi connectivity index (χ3v) is 1.53. The second-order valence-corrected chi connectivity index (χ2v) is 2.28. The highest BCUT2D eigenvalue weighted by Crippen LogP contribution is 2.09. The lowest BCUT2D eigenvalue weighted by atomic mass is 10.4. The van der Waals surface area contributed by atoms with E-state index in [1.807, 2.05) is 0 Å². The molecule has 0 spiro atoms. The van der Waals surface area contributed by atoms with E-state index in [9.17, 15) is 4.79 Å². The molecular formula is C8H11NO2. The van der Waals surface area contributed by atoms with Crippen LogP contribution in [0.4, 0.5) is 0 Å². The van der Waals surface area contributed by atoms with Crippen LogP contribution >= 0.6 is 0 Å². The molecule has 1 aliphatic rings. The molecule has 1 saturated heterocycles. The SMILES string of the molecule is C=COC=CN1CCCC1=O. The van der Waals surface area contributed by atoms with Crippen molar-refractivity contribution in [3.05, 3.63) is 25.3 Å². The van der Waals surface area contributed by atoms with E-state index in [2.05, 4.69) is 6.58 Å². The fourth-order valence-corrected chi connectivity index (χ4v) is 0.991. The zero-order valence-corrected chi connectivity index (χ0v) is 6.32. The molecule has 1 rings (SSSR count). The second-order valence-electron chi connectivity index (χ2n) is 2.28. The lowest BCUT2D eigenvalue weighted by molar-refractivity contribution is -0.125. The summed E-state index contributed by atoms with van der Waals surface area (Å²) in [7, 11) is 0. The van der Waals surface area contributed by atoms with E-state index in [-0.39, 0.29) is 5.91 Å². The van der Waals surface area contributed by atoms with Crippen molar-refractivity contribution in [3.63, 3.8) is 0 Å². The van der Waals surface area contributed by atoms with Crippen molar-refractivity contribution in [2.45, 2.75) is 12.8 Å². The number of hydrogen-bond acceptors (Lipinski definition) is 2. The van der Waals surface area contributed by atoms with Crippen LogP contribution < -0.4 is 0 Å². The maximum Gasteiger partial charge on any atom is 0.226 e. The minimum absolute atomic E-state index is 0.161. The third kappa shape index (κ3) is 2.11. The molecule has 1 aliphatic heterocycles. The van der Waals surface area contributed by atoms with E-state index in [0.29, 0.717) is 6.42 Å². The molecule has 0 aromatic heterocycles. The fraction of sp³-hybridized carbons (Fsp3) is 0.375. The van der Waals surface area contributed by atoms with E-state index >= 15 is 0 Å². The molecule has 0 aromatic carbocycles. The van der Waals surface area contributed by atoms with Crippen LogP contribution in [0.2, 0.25) is 0 Å². The molecule has 1 amide bonds. The molecule has 0 saturated carbocycles. The zero-order valence-electron chi connectivity index (χ0n) is 6.32. The number of amides is 1. The van der Waals surface area contributed by atoms with Crippen LogP contribution in [0.15, 0.2) is 25.3 Å².